The van der Waals surface area contributed by atoms with Crippen LogP contribution in [0.3, 0.4) is 0 Å². The van der Waals surface area contributed by atoms with Gasteiger partial charge < -0.3 is 14.5 Å². The lowest BCUT2D eigenvalue weighted by Crippen LogP contribution is -2.32. The number of hydrogen-bond donors (Lipinski definition) is 1. The number of hydrogen-bond acceptors (Lipinski definition) is 5. The zero-order chi connectivity index (χ0) is 29.2. The molecule has 42 heavy (non-hydrogen) atoms. The smallest absolute Gasteiger partial charge is 0.276 e. The average Bonchev–Trinajstić information content (AvgIpc) is 3.47. The summed E-state index contributed by atoms with van der Waals surface area (Å²) in [5.74, 6) is 0.321. The van der Waals surface area contributed by atoms with Gasteiger partial charge in [-0.25, -0.2) is 5.01 Å². The molecule has 1 N–H and O–H groups in total. The number of para-hydroxylation sites is 1. The van der Waals surface area contributed by atoms with Crippen molar-refractivity contribution in [2.45, 2.75) is 18.6 Å². The summed E-state index contributed by atoms with van der Waals surface area (Å²) in [6.07, 6.45) is -0.570. The molecule has 1 amide bonds. The largest absolute Gasteiger partial charge is 0.497 e. The van der Waals surface area contributed by atoms with Crippen LogP contribution in [-0.2, 0) is 9.53 Å². The third kappa shape index (κ3) is 5.09. The Bertz CT molecular complexity index is 1850. The third-order valence-electron chi connectivity index (χ3n) is 7.52. The number of halogens is 1. The maximum absolute atomic E-state index is 14.1. The summed E-state index contributed by atoms with van der Waals surface area (Å²) in [5, 5.41) is 7.77. The lowest BCUT2D eigenvalue weighted by atomic mass is 9.91. The van der Waals surface area contributed by atoms with Gasteiger partial charge in [0.15, 0.2) is 6.10 Å². The van der Waals surface area contributed by atoms with E-state index in [1.54, 1.807) is 19.2 Å². The quantitative estimate of drug-likeness (QED) is 0.227. The van der Waals surface area contributed by atoms with Crippen LogP contribution in [0, 0.1) is 0 Å². The van der Waals surface area contributed by atoms with E-state index >= 15 is 0 Å². The number of rotatable bonds is 7. The molecule has 8 heteroatoms. The number of hydrazone groups is 1. The number of ether oxygens (including phenoxy) is 2. The highest BCUT2D eigenvalue weighted by Crippen LogP contribution is 2.39. The second kappa shape index (κ2) is 11.6. The number of pyridine rings is 1. The van der Waals surface area contributed by atoms with Crippen molar-refractivity contribution in [2.75, 3.05) is 14.2 Å². The second-order valence-corrected chi connectivity index (χ2v) is 10.4. The molecule has 7 nitrogen and oxygen atoms in total. The van der Waals surface area contributed by atoms with Crippen molar-refractivity contribution in [1.82, 2.24) is 9.99 Å². The van der Waals surface area contributed by atoms with Gasteiger partial charge in [-0.3, -0.25) is 9.59 Å². The minimum Gasteiger partial charge on any atom is -0.497 e. The highest BCUT2D eigenvalue weighted by Gasteiger charge is 2.39. The number of carbonyl (C=O) groups is 1. The molecule has 0 aliphatic carbocycles. The van der Waals surface area contributed by atoms with E-state index in [1.165, 1.54) is 12.1 Å². The molecule has 0 fully saturated rings. The first kappa shape index (κ1) is 27.4. The van der Waals surface area contributed by atoms with E-state index in [0.29, 0.717) is 39.5 Å². The predicted octanol–water partition coefficient (Wildman–Crippen LogP) is 6.92. The number of carbonyl (C=O) groups excluding carboxylic acids is 1. The minimum absolute atomic E-state index is 0.289. The molecule has 0 saturated carbocycles. The van der Waals surface area contributed by atoms with Crippen LogP contribution in [0.5, 0.6) is 5.75 Å². The molecule has 0 unspecified atom stereocenters. The van der Waals surface area contributed by atoms with Gasteiger partial charge in [0.25, 0.3) is 11.5 Å². The lowest BCUT2D eigenvalue weighted by Gasteiger charge is -2.26. The van der Waals surface area contributed by atoms with Gasteiger partial charge >= 0.3 is 0 Å². The number of fused-ring (bicyclic) bond motifs is 1. The van der Waals surface area contributed by atoms with Crippen LogP contribution in [0.4, 0.5) is 0 Å². The topological polar surface area (TPSA) is 84.0 Å². The Balaban J connectivity index is 1.54. The number of aromatic amines is 1. The zero-order valence-corrected chi connectivity index (χ0v) is 23.8. The number of amides is 1. The monoisotopic (exact) mass is 577 g/mol. The Morgan fingerprint density at radius 3 is 2.40 bits per heavy atom. The minimum atomic E-state index is -0.881. The molecule has 0 bridgehead atoms. The summed E-state index contributed by atoms with van der Waals surface area (Å²) >= 11 is 6.22. The Labute approximate surface area is 248 Å². The van der Waals surface area contributed by atoms with Gasteiger partial charge in [-0.1, -0.05) is 84.4 Å². The van der Waals surface area contributed by atoms with Crippen molar-refractivity contribution in [3.05, 3.63) is 135 Å². The second-order valence-electron chi connectivity index (χ2n) is 10.0. The first-order valence-electron chi connectivity index (χ1n) is 13.5. The van der Waals surface area contributed by atoms with E-state index in [0.717, 1.165) is 22.1 Å². The van der Waals surface area contributed by atoms with Crippen LogP contribution in [0.1, 0.15) is 35.3 Å². The Kier molecular flexibility index (Phi) is 7.61. The van der Waals surface area contributed by atoms with E-state index in [-0.39, 0.29) is 11.5 Å². The average molecular weight is 578 g/mol. The first-order chi connectivity index (χ1) is 20.5. The molecule has 210 valence electrons. The molecule has 6 rings (SSSR count). The van der Waals surface area contributed by atoms with Crippen molar-refractivity contribution in [3.63, 3.8) is 0 Å². The number of nitrogens with one attached hydrogen (secondary N) is 1. The predicted molar refractivity (Wildman–Crippen MR) is 165 cm³/mol. The SMILES string of the molecule is COc1cccc([C@H]2CC(c3c(-c4ccc(Cl)cc4)c4ccccc4[nH]c3=O)=NN2C(=O)[C@H](OC)c2ccccc2)c1. The Morgan fingerprint density at radius 2 is 1.67 bits per heavy atom. The number of benzene rings is 4. The number of aromatic nitrogens is 1. The molecule has 0 saturated heterocycles. The third-order valence-corrected chi connectivity index (χ3v) is 7.77. The van der Waals surface area contributed by atoms with Gasteiger partial charge in [-0.05, 0) is 47.0 Å². The van der Waals surface area contributed by atoms with Crippen LogP contribution in [-0.4, -0.2) is 35.8 Å². The van der Waals surface area contributed by atoms with Crippen LogP contribution in [0.25, 0.3) is 22.0 Å². The lowest BCUT2D eigenvalue weighted by molar-refractivity contribution is -0.144. The number of methoxy groups -OCH3 is 2. The fourth-order valence-electron chi connectivity index (χ4n) is 5.54. The molecular formula is C34H28ClN3O4. The summed E-state index contributed by atoms with van der Waals surface area (Å²) in [6.45, 7) is 0. The molecule has 2 heterocycles. The van der Waals surface area contributed by atoms with E-state index in [2.05, 4.69) is 4.98 Å². The number of nitrogens with zero attached hydrogens (tertiary/aromatic N) is 2. The van der Waals surface area contributed by atoms with Crippen molar-refractivity contribution in [2.24, 2.45) is 5.10 Å². The van der Waals surface area contributed by atoms with E-state index in [1.807, 2.05) is 91.0 Å². The standard InChI is InChI=1S/C34H28ClN3O4/c1-41-25-12-8-11-23(19-25)29-20-28(37-38(29)34(40)32(42-2)22-9-4-3-5-10-22)31-30(21-15-17-24(35)18-16-21)26-13-6-7-14-27(26)36-33(31)39/h3-19,29,32H,20H2,1-2H3,(H,36,39)/t29-,32-/m1/s1. The Hall–Kier alpha value is -4.72. The summed E-state index contributed by atoms with van der Waals surface area (Å²) in [7, 11) is 3.10. The summed E-state index contributed by atoms with van der Waals surface area (Å²) in [4.78, 5) is 31.0. The molecule has 5 aromatic rings. The zero-order valence-electron chi connectivity index (χ0n) is 23.1. The molecule has 1 aliphatic rings. The summed E-state index contributed by atoms with van der Waals surface area (Å²) < 4.78 is 11.2. The van der Waals surface area contributed by atoms with E-state index < -0.39 is 12.1 Å². The fourth-order valence-corrected chi connectivity index (χ4v) is 5.66. The maximum atomic E-state index is 14.1. The van der Waals surface area contributed by atoms with Crippen LogP contribution in [0.15, 0.2) is 113 Å². The first-order valence-corrected chi connectivity index (χ1v) is 13.9. The van der Waals surface area contributed by atoms with Crippen molar-refractivity contribution in [1.29, 1.82) is 0 Å². The molecule has 1 aromatic heterocycles. The van der Waals surface area contributed by atoms with Crippen molar-refractivity contribution >= 4 is 34.1 Å². The van der Waals surface area contributed by atoms with Gasteiger partial charge in [-0.15, -0.1) is 0 Å². The van der Waals surface area contributed by atoms with Crippen LogP contribution in [0.2, 0.25) is 5.02 Å². The van der Waals surface area contributed by atoms with Crippen LogP contribution >= 0.6 is 11.6 Å². The van der Waals surface area contributed by atoms with Crippen molar-refractivity contribution < 1.29 is 14.3 Å². The van der Waals surface area contributed by atoms with Gasteiger partial charge in [0, 0.05) is 35.0 Å². The summed E-state index contributed by atoms with van der Waals surface area (Å²) in [6, 6.07) is 31.4. The highest BCUT2D eigenvalue weighted by molar-refractivity contribution is 6.30. The normalized spacial score (nSPS) is 15.5. The molecule has 0 radical (unpaired) electrons. The van der Waals surface area contributed by atoms with Gasteiger partial charge in [0.2, 0.25) is 0 Å². The van der Waals surface area contributed by atoms with Crippen molar-refractivity contribution in [3.8, 4) is 16.9 Å². The molecule has 0 spiro atoms. The van der Waals surface area contributed by atoms with Gasteiger partial charge in [0.1, 0.15) is 5.75 Å². The number of H-pyrrole nitrogens is 1. The molecule has 4 aromatic carbocycles. The van der Waals surface area contributed by atoms with Gasteiger partial charge in [-0.2, -0.15) is 5.10 Å². The molecule has 1 aliphatic heterocycles. The summed E-state index contributed by atoms with van der Waals surface area (Å²) in [5.41, 5.74) is 4.41. The van der Waals surface area contributed by atoms with Crippen LogP contribution < -0.4 is 10.3 Å². The molecular weight excluding hydrogens is 550 g/mol. The fraction of sp³-hybridized carbons (Fsp3) is 0.147. The van der Waals surface area contributed by atoms with Gasteiger partial charge in [0.05, 0.1) is 24.4 Å². The maximum Gasteiger partial charge on any atom is 0.276 e. The van der Waals surface area contributed by atoms with E-state index in [4.69, 9.17) is 26.2 Å². The Morgan fingerprint density at radius 1 is 0.929 bits per heavy atom. The van der Waals surface area contributed by atoms with E-state index in [9.17, 15) is 9.59 Å². The molecule has 2 atom stereocenters. The highest BCUT2D eigenvalue weighted by atomic mass is 35.5.